The van der Waals surface area contributed by atoms with E-state index in [1.54, 1.807) is 29.1 Å². The molecule has 0 saturated heterocycles. The van der Waals surface area contributed by atoms with Crippen molar-refractivity contribution in [3.8, 4) is 5.69 Å². The number of nitrogen functional groups attached to an aromatic ring is 1. The largest absolute Gasteiger partial charge is 0.384 e. The van der Waals surface area contributed by atoms with Crippen molar-refractivity contribution in [3.05, 3.63) is 46.7 Å². The minimum absolute atomic E-state index is 0.000167. The van der Waals surface area contributed by atoms with E-state index < -0.39 is 0 Å². The highest BCUT2D eigenvalue weighted by molar-refractivity contribution is 6.31. The van der Waals surface area contributed by atoms with Crippen LogP contribution in [-0.2, 0) is 0 Å². The van der Waals surface area contributed by atoms with E-state index in [4.69, 9.17) is 22.7 Å². The van der Waals surface area contributed by atoms with E-state index in [2.05, 4.69) is 5.10 Å². The molecule has 0 radical (unpaired) electrons. The molecular formula is C11H11ClN4. The third-order valence-corrected chi connectivity index (χ3v) is 2.44. The highest BCUT2D eigenvalue weighted by Crippen LogP contribution is 2.19. The summed E-state index contributed by atoms with van der Waals surface area (Å²) in [5.41, 5.74) is 7.88. The predicted molar refractivity (Wildman–Crippen MR) is 64.3 cm³/mol. The van der Waals surface area contributed by atoms with Crippen LogP contribution in [0.3, 0.4) is 0 Å². The molecule has 5 heteroatoms. The Balaban J connectivity index is 2.62. The fraction of sp³-hybridized carbons (Fsp3) is 0.0909. The molecule has 0 unspecified atom stereocenters. The molecule has 0 aliphatic rings. The number of hydrogen-bond donors (Lipinski definition) is 2. The molecule has 16 heavy (non-hydrogen) atoms. The van der Waals surface area contributed by atoms with E-state index in [1.807, 2.05) is 13.1 Å². The Morgan fingerprint density at radius 3 is 2.81 bits per heavy atom. The van der Waals surface area contributed by atoms with Gasteiger partial charge in [0.2, 0.25) is 0 Å². The highest BCUT2D eigenvalue weighted by Gasteiger charge is 2.08. The first-order chi connectivity index (χ1) is 7.58. The SMILES string of the molecule is Cc1cnn(-c2cc(Cl)ccc2C(=N)N)c1. The Hall–Kier alpha value is -1.81. The summed E-state index contributed by atoms with van der Waals surface area (Å²) in [5.74, 6) is -0.000167. The van der Waals surface area contributed by atoms with E-state index in [9.17, 15) is 0 Å². The molecule has 2 rings (SSSR count). The molecule has 82 valence electrons. The Morgan fingerprint density at radius 2 is 2.25 bits per heavy atom. The van der Waals surface area contributed by atoms with Crippen LogP contribution in [0.15, 0.2) is 30.6 Å². The second-order valence-electron chi connectivity index (χ2n) is 3.54. The Bertz CT molecular complexity index is 545. The summed E-state index contributed by atoms with van der Waals surface area (Å²) in [5, 5.41) is 12.3. The van der Waals surface area contributed by atoms with Crippen LogP contribution in [0.25, 0.3) is 5.69 Å². The van der Waals surface area contributed by atoms with Gasteiger partial charge in [-0.25, -0.2) is 4.68 Å². The van der Waals surface area contributed by atoms with Crippen molar-refractivity contribution in [2.75, 3.05) is 0 Å². The number of nitrogens with one attached hydrogen (secondary N) is 1. The van der Waals surface area contributed by atoms with Gasteiger partial charge in [0.25, 0.3) is 0 Å². The van der Waals surface area contributed by atoms with Crippen molar-refractivity contribution in [1.29, 1.82) is 5.41 Å². The van der Waals surface area contributed by atoms with Gasteiger partial charge in [0.15, 0.2) is 0 Å². The molecular weight excluding hydrogens is 224 g/mol. The van der Waals surface area contributed by atoms with Gasteiger partial charge in [-0.15, -0.1) is 0 Å². The standard InChI is InChI=1S/C11H11ClN4/c1-7-5-15-16(6-7)10-4-8(12)2-3-9(10)11(13)14/h2-6H,1H3,(H3,13,14). The average Bonchev–Trinajstić information content (AvgIpc) is 2.64. The minimum atomic E-state index is -0.000167. The molecule has 0 fully saturated rings. The first-order valence-corrected chi connectivity index (χ1v) is 5.11. The quantitative estimate of drug-likeness (QED) is 0.617. The van der Waals surface area contributed by atoms with Crippen molar-refractivity contribution in [2.45, 2.75) is 6.92 Å². The van der Waals surface area contributed by atoms with E-state index >= 15 is 0 Å². The molecule has 4 nitrogen and oxygen atoms in total. The van der Waals surface area contributed by atoms with Gasteiger partial charge in [0.1, 0.15) is 5.84 Å². The second kappa shape index (κ2) is 3.98. The number of amidine groups is 1. The van der Waals surface area contributed by atoms with Gasteiger partial charge in [-0.05, 0) is 30.7 Å². The molecule has 1 aromatic heterocycles. The highest BCUT2D eigenvalue weighted by atomic mass is 35.5. The van der Waals surface area contributed by atoms with Gasteiger partial charge < -0.3 is 5.73 Å². The van der Waals surface area contributed by atoms with E-state index in [0.29, 0.717) is 16.3 Å². The molecule has 2 aromatic rings. The lowest BCUT2D eigenvalue weighted by Crippen LogP contribution is -2.14. The predicted octanol–water partition coefficient (Wildman–Crippen LogP) is 2.12. The van der Waals surface area contributed by atoms with Gasteiger partial charge >= 0.3 is 0 Å². The zero-order valence-corrected chi connectivity index (χ0v) is 9.49. The maximum Gasteiger partial charge on any atom is 0.124 e. The number of nitrogens with two attached hydrogens (primary N) is 1. The van der Waals surface area contributed by atoms with Crippen LogP contribution >= 0.6 is 11.6 Å². The molecule has 0 aliphatic carbocycles. The number of halogens is 1. The molecule has 1 heterocycles. The maximum absolute atomic E-state index is 7.50. The van der Waals surface area contributed by atoms with Gasteiger partial charge in [-0.2, -0.15) is 5.10 Å². The van der Waals surface area contributed by atoms with Gasteiger partial charge in [0.05, 0.1) is 11.9 Å². The molecule has 0 saturated carbocycles. The zero-order chi connectivity index (χ0) is 11.7. The lowest BCUT2D eigenvalue weighted by molar-refractivity contribution is 0.877. The molecule has 1 aromatic carbocycles. The number of aryl methyl sites for hydroxylation is 1. The smallest absolute Gasteiger partial charge is 0.124 e. The lowest BCUT2D eigenvalue weighted by Gasteiger charge is -2.08. The summed E-state index contributed by atoms with van der Waals surface area (Å²) in [6, 6.07) is 5.17. The van der Waals surface area contributed by atoms with Gasteiger partial charge in [-0.3, -0.25) is 5.41 Å². The van der Waals surface area contributed by atoms with E-state index in [1.165, 1.54) is 0 Å². The topological polar surface area (TPSA) is 67.7 Å². The van der Waals surface area contributed by atoms with Crippen LogP contribution in [0.1, 0.15) is 11.1 Å². The fourth-order valence-electron chi connectivity index (χ4n) is 1.47. The van der Waals surface area contributed by atoms with Gasteiger partial charge in [0, 0.05) is 16.8 Å². The van der Waals surface area contributed by atoms with Crippen LogP contribution in [0.5, 0.6) is 0 Å². The number of aromatic nitrogens is 2. The Morgan fingerprint density at radius 1 is 1.50 bits per heavy atom. The molecule has 3 N–H and O–H groups in total. The van der Waals surface area contributed by atoms with Crippen molar-refractivity contribution in [1.82, 2.24) is 9.78 Å². The third-order valence-electron chi connectivity index (χ3n) is 2.21. The van der Waals surface area contributed by atoms with E-state index in [-0.39, 0.29) is 5.84 Å². The van der Waals surface area contributed by atoms with Crippen LogP contribution in [-0.4, -0.2) is 15.6 Å². The molecule has 0 amide bonds. The zero-order valence-electron chi connectivity index (χ0n) is 8.74. The number of benzene rings is 1. The molecule has 0 bridgehead atoms. The first-order valence-electron chi connectivity index (χ1n) is 4.73. The monoisotopic (exact) mass is 234 g/mol. The molecule has 0 atom stereocenters. The lowest BCUT2D eigenvalue weighted by atomic mass is 10.1. The third kappa shape index (κ3) is 1.92. The van der Waals surface area contributed by atoms with Crippen molar-refractivity contribution in [3.63, 3.8) is 0 Å². The summed E-state index contributed by atoms with van der Waals surface area (Å²) in [4.78, 5) is 0. The van der Waals surface area contributed by atoms with Crippen LogP contribution in [0.2, 0.25) is 5.02 Å². The van der Waals surface area contributed by atoms with Crippen LogP contribution in [0, 0.1) is 12.3 Å². The summed E-state index contributed by atoms with van der Waals surface area (Å²) >= 11 is 5.93. The van der Waals surface area contributed by atoms with Crippen LogP contribution in [0.4, 0.5) is 0 Å². The number of rotatable bonds is 2. The number of hydrogen-bond acceptors (Lipinski definition) is 2. The van der Waals surface area contributed by atoms with Crippen LogP contribution < -0.4 is 5.73 Å². The van der Waals surface area contributed by atoms with Gasteiger partial charge in [-0.1, -0.05) is 11.6 Å². The average molecular weight is 235 g/mol. The normalized spacial score (nSPS) is 10.4. The summed E-state index contributed by atoms with van der Waals surface area (Å²) < 4.78 is 1.66. The summed E-state index contributed by atoms with van der Waals surface area (Å²) in [6.45, 7) is 1.95. The van der Waals surface area contributed by atoms with E-state index in [0.717, 1.165) is 5.56 Å². The second-order valence-corrected chi connectivity index (χ2v) is 3.97. The van der Waals surface area contributed by atoms with Crippen molar-refractivity contribution in [2.24, 2.45) is 5.73 Å². The molecule has 0 aliphatic heterocycles. The number of nitrogens with zero attached hydrogens (tertiary/aromatic N) is 2. The minimum Gasteiger partial charge on any atom is -0.384 e. The Labute approximate surface area is 98.2 Å². The maximum atomic E-state index is 7.50. The fourth-order valence-corrected chi connectivity index (χ4v) is 1.63. The first kappa shape index (κ1) is 10.7. The summed E-state index contributed by atoms with van der Waals surface area (Å²) in [7, 11) is 0. The Kier molecular flexibility index (Phi) is 2.66. The molecule has 0 spiro atoms. The van der Waals surface area contributed by atoms with Crippen molar-refractivity contribution < 1.29 is 0 Å². The van der Waals surface area contributed by atoms with Crippen molar-refractivity contribution >= 4 is 17.4 Å². The summed E-state index contributed by atoms with van der Waals surface area (Å²) in [6.07, 6.45) is 3.60.